The molecule has 3 rings (SSSR count). The van der Waals surface area contributed by atoms with Gasteiger partial charge in [0.05, 0.1) is 11.0 Å². The third kappa shape index (κ3) is 4.08. The van der Waals surface area contributed by atoms with E-state index in [0.29, 0.717) is 17.7 Å². The van der Waals surface area contributed by atoms with Gasteiger partial charge in [-0.2, -0.15) is 0 Å². The second kappa shape index (κ2) is 8.18. The Bertz CT molecular complexity index is 772. The fraction of sp³-hybridized carbons (Fsp3) is 0.222. The number of halogens is 2. The molecule has 0 bridgehead atoms. The fourth-order valence-corrected chi connectivity index (χ4v) is 2.89. The zero-order chi connectivity index (χ0) is 16.8. The van der Waals surface area contributed by atoms with Gasteiger partial charge in [0.25, 0.3) is 0 Å². The number of fused-ring (bicyclic) bond motifs is 1. The smallest absolute Gasteiger partial charge is 0.227 e. The molecule has 0 spiro atoms. The van der Waals surface area contributed by atoms with E-state index in [4.69, 9.17) is 23.2 Å². The van der Waals surface area contributed by atoms with Crippen molar-refractivity contribution in [1.29, 1.82) is 0 Å². The number of aromatic amines is 1. The normalized spacial score (nSPS) is 11.4. The molecule has 0 aliphatic carbocycles. The van der Waals surface area contributed by atoms with Crippen LogP contribution in [-0.2, 0) is 0 Å². The zero-order valence-electron chi connectivity index (χ0n) is 13.1. The number of anilines is 1. The third-order valence-electron chi connectivity index (χ3n) is 3.68. The molecule has 0 amide bonds. The highest BCUT2D eigenvalue weighted by molar-refractivity contribution is 6.18. The van der Waals surface area contributed by atoms with Crippen molar-refractivity contribution in [1.82, 2.24) is 9.97 Å². The summed E-state index contributed by atoms with van der Waals surface area (Å²) in [5.74, 6) is 1.75. The molecule has 4 nitrogen and oxygen atoms in total. The number of imidazole rings is 1. The van der Waals surface area contributed by atoms with E-state index in [-0.39, 0.29) is 0 Å². The standard InChI is InChI=1S/C18H18Cl2N4/c19-9-11-24(12-10-20)15-7-5-14(6-8-15)13-21-18-22-16-3-1-2-4-17(16)23-18/h1-8,13H,9-12H2,(H,22,23). The first kappa shape index (κ1) is 16.8. The number of hydrogen-bond acceptors (Lipinski definition) is 3. The van der Waals surface area contributed by atoms with Crippen LogP contribution in [0.5, 0.6) is 0 Å². The molecule has 24 heavy (non-hydrogen) atoms. The van der Waals surface area contributed by atoms with Crippen molar-refractivity contribution in [3.05, 3.63) is 54.1 Å². The SMILES string of the molecule is ClCCN(CCCl)c1ccc(C=Nc2nc3ccccc3[nH]2)cc1. The number of alkyl halides is 2. The predicted molar refractivity (Wildman–Crippen MR) is 103 cm³/mol. The van der Waals surface area contributed by atoms with E-state index in [9.17, 15) is 0 Å². The largest absolute Gasteiger partial charge is 0.369 e. The Labute approximate surface area is 151 Å². The van der Waals surface area contributed by atoms with Gasteiger partial charge in [0.15, 0.2) is 0 Å². The van der Waals surface area contributed by atoms with Crippen LogP contribution in [0.4, 0.5) is 11.6 Å². The Morgan fingerprint density at radius 2 is 1.71 bits per heavy atom. The summed E-state index contributed by atoms with van der Waals surface area (Å²) >= 11 is 11.7. The van der Waals surface area contributed by atoms with Crippen molar-refractivity contribution in [2.45, 2.75) is 0 Å². The average molecular weight is 361 g/mol. The fourth-order valence-electron chi connectivity index (χ4n) is 2.48. The first-order valence-electron chi connectivity index (χ1n) is 7.76. The number of para-hydroxylation sites is 2. The summed E-state index contributed by atoms with van der Waals surface area (Å²) in [4.78, 5) is 14.2. The van der Waals surface area contributed by atoms with E-state index < -0.39 is 0 Å². The summed E-state index contributed by atoms with van der Waals surface area (Å²) in [5.41, 5.74) is 4.02. The van der Waals surface area contributed by atoms with Crippen LogP contribution in [-0.4, -0.2) is 41.0 Å². The van der Waals surface area contributed by atoms with Crippen molar-refractivity contribution in [3.8, 4) is 0 Å². The Kier molecular flexibility index (Phi) is 5.72. The molecule has 124 valence electrons. The lowest BCUT2D eigenvalue weighted by Gasteiger charge is -2.22. The highest BCUT2D eigenvalue weighted by Crippen LogP contribution is 2.17. The maximum Gasteiger partial charge on any atom is 0.227 e. The van der Waals surface area contributed by atoms with Gasteiger partial charge in [-0.15, -0.1) is 23.2 Å². The topological polar surface area (TPSA) is 44.3 Å². The minimum atomic E-state index is 0.576. The van der Waals surface area contributed by atoms with E-state index in [2.05, 4.69) is 32.0 Å². The van der Waals surface area contributed by atoms with Crippen LogP contribution in [0.25, 0.3) is 11.0 Å². The van der Waals surface area contributed by atoms with Crippen LogP contribution >= 0.6 is 23.2 Å². The number of aliphatic imine (C=N–C) groups is 1. The number of rotatable bonds is 7. The van der Waals surface area contributed by atoms with E-state index in [1.54, 1.807) is 6.21 Å². The summed E-state index contributed by atoms with van der Waals surface area (Å²) < 4.78 is 0. The molecule has 0 saturated heterocycles. The quantitative estimate of drug-likeness (QED) is 0.494. The molecule has 1 heterocycles. The second-order valence-corrected chi connectivity index (χ2v) is 6.05. The van der Waals surface area contributed by atoms with Crippen LogP contribution in [0.3, 0.4) is 0 Å². The highest BCUT2D eigenvalue weighted by Gasteiger charge is 2.05. The minimum Gasteiger partial charge on any atom is -0.369 e. The van der Waals surface area contributed by atoms with Crippen LogP contribution < -0.4 is 4.90 Å². The van der Waals surface area contributed by atoms with E-state index in [1.807, 2.05) is 36.4 Å². The minimum absolute atomic E-state index is 0.576. The number of aromatic nitrogens is 2. The molecule has 3 aromatic rings. The van der Waals surface area contributed by atoms with Crippen molar-refractivity contribution in [2.24, 2.45) is 4.99 Å². The van der Waals surface area contributed by atoms with Gasteiger partial charge < -0.3 is 9.88 Å². The molecule has 1 aromatic heterocycles. The van der Waals surface area contributed by atoms with Gasteiger partial charge in [-0.3, -0.25) is 0 Å². The van der Waals surface area contributed by atoms with Gasteiger partial charge in [0, 0.05) is 36.8 Å². The highest BCUT2D eigenvalue weighted by atomic mass is 35.5. The maximum absolute atomic E-state index is 5.85. The molecule has 2 aromatic carbocycles. The lowest BCUT2D eigenvalue weighted by atomic mass is 10.2. The Hall–Kier alpha value is -2.04. The van der Waals surface area contributed by atoms with Crippen LogP contribution in [0.15, 0.2) is 53.5 Å². The van der Waals surface area contributed by atoms with Gasteiger partial charge >= 0.3 is 0 Å². The van der Waals surface area contributed by atoms with Crippen molar-refractivity contribution in [2.75, 3.05) is 29.7 Å². The molecule has 0 aliphatic heterocycles. The van der Waals surface area contributed by atoms with Crippen LogP contribution in [0.1, 0.15) is 5.56 Å². The van der Waals surface area contributed by atoms with Crippen molar-refractivity contribution in [3.63, 3.8) is 0 Å². The van der Waals surface area contributed by atoms with E-state index in [0.717, 1.165) is 35.4 Å². The molecule has 0 radical (unpaired) electrons. The molecule has 1 N–H and O–H groups in total. The Balaban J connectivity index is 1.73. The number of nitrogens with one attached hydrogen (secondary N) is 1. The third-order valence-corrected chi connectivity index (χ3v) is 4.02. The first-order valence-corrected chi connectivity index (χ1v) is 8.83. The van der Waals surface area contributed by atoms with Crippen LogP contribution in [0.2, 0.25) is 0 Å². The summed E-state index contributed by atoms with van der Waals surface area (Å²) in [6.07, 6.45) is 1.80. The van der Waals surface area contributed by atoms with Gasteiger partial charge in [-0.05, 0) is 29.8 Å². The monoisotopic (exact) mass is 360 g/mol. The molecule has 6 heteroatoms. The van der Waals surface area contributed by atoms with E-state index >= 15 is 0 Å². The lowest BCUT2D eigenvalue weighted by Crippen LogP contribution is -2.27. The number of H-pyrrole nitrogens is 1. The molecule has 0 fully saturated rings. The predicted octanol–water partition coefficient (Wildman–Crippen LogP) is 4.60. The van der Waals surface area contributed by atoms with E-state index in [1.165, 1.54) is 0 Å². The molecule has 0 atom stereocenters. The average Bonchev–Trinajstić information content (AvgIpc) is 3.03. The van der Waals surface area contributed by atoms with Crippen molar-refractivity contribution >= 4 is 52.1 Å². The van der Waals surface area contributed by atoms with Crippen LogP contribution in [0, 0.1) is 0 Å². The molecular formula is C18H18Cl2N4. The summed E-state index contributed by atoms with van der Waals surface area (Å²) in [5, 5.41) is 0. The summed E-state index contributed by atoms with van der Waals surface area (Å²) in [6.45, 7) is 1.56. The van der Waals surface area contributed by atoms with Gasteiger partial charge in [0.1, 0.15) is 0 Å². The Morgan fingerprint density at radius 1 is 1.00 bits per heavy atom. The summed E-state index contributed by atoms with van der Waals surface area (Å²) in [7, 11) is 0. The number of nitrogens with zero attached hydrogens (tertiary/aromatic N) is 3. The lowest BCUT2D eigenvalue weighted by molar-refractivity contribution is 0.874. The van der Waals surface area contributed by atoms with Gasteiger partial charge in [-0.1, -0.05) is 24.3 Å². The Morgan fingerprint density at radius 3 is 2.38 bits per heavy atom. The molecule has 0 unspecified atom stereocenters. The molecule has 0 saturated carbocycles. The molecule has 0 aliphatic rings. The summed E-state index contributed by atoms with van der Waals surface area (Å²) in [6, 6.07) is 16.0. The number of hydrogen-bond donors (Lipinski definition) is 1. The van der Waals surface area contributed by atoms with Crippen molar-refractivity contribution < 1.29 is 0 Å². The second-order valence-electron chi connectivity index (χ2n) is 5.29. The first-order chi connectivity index (χ1) is 11.8. The number of benzene rings is 2. The molecular weight excluding hydrogens is 343 g/mol. The van der Waals surface area contributed by atoms with Gasteiger partial charge in [0.2, 0.25) is 5.95 Å². The zero-order valence-corrected chi connectivity index (χ0v) is 14.6. The van der Waals surface area contributed by atoms with Gasteiger partial charge in [-0.25, -0.2) is 9.98 Å². The maximum atomic E-state index is 5.85.